The van der Waals surface area contributed by atoms with Gasteiger partial charge in [-0.25, -0.2) is 5.09 Å². The molecule has 1 aromatic rings. The quantitative estimate of drug-likeness (QED) is 0.494. The van der Waals surface area contributed by atoms with Gasteiger partial charge in [-0.1, -0.05) is 44.2 Å². The van der Waals surface area contributed by atoms with Gasteiger partial charge in [0.25, 0.3) is 7.52 Å². The second kappa shape index (κ2) is 9.94. The minimum atomic E-state index is -2.98. The summed E-state index contributed by atoms with van der Waals surface area (Å²) >= 11 is 0. The fourth-order valence-electron chi connectivity index (χ4n) is 2.19. The first-order valence-corrected chi connectivity index (χ1v) is 9.74. The lowest BCUT2D eigenvalue weighted by Gasteiger charge is -2.24. The Labute approximate surface area is 134 Å². The van der Waals surface area contributed by atoms with Crippen molar-refractivity contribution in [2.24, 2.45) is 5.92 Å². The van der Waals surface area contributed by atoms with Crippen LogP contribution >= 0.6 is 7.52 Å². The molecule has 0 aliphatic carbocycles. The van der Waals surface area contributed by atoms with Crippen LogP contribution in [-0.2, 0) is 20.3 Å². The summed E-state index contributed by atoms with van der Waals surface area (Å²) in [6.07, 6.45) is 5.06. The van der Waals surface area contributed by atoms with Crippen LogP contribution in [0.4, 0.5) is 0 Å². The van der Waals surface area contributed by atoms with Crippen LogP contribution < -0.4 is 5.09 Å². The van der Waals surface area contributed by atoms with E-state index >= 15 is 0 Å². The second-order valence-corrected chi connectivity index (χ2v) is 8.04. The predicted molar refractivity (Wildman–Crippen MR) is 90.9 cm³/mol. The van der Waals surface area contributed by atoms with E-state index in [1.807, 2.05) is 45.3 Å². The van der Waals surface area contributed by atoms with Crippen LogP contribution in [0.2, 0.25) is 0 Å². The molecule has 1 radical (unpaired) electrons. The average Bonchev–Trinajstić information content (AvgIpc) is 2.50. The van der Waals surface area contributed by atoms with Gasteiger partial charge in [0.05, 0.1) is 12.6 Å². The SMILES string of the molecule is CCOP(=O)(CCCCc1ccccc1)N[C@H]([C]=O)C(C)C. The molecule has 0 aliphatic heterocycles. The molecule has 1 aromatic carbocycles. The highest BCUT2D eigenvalue weighted by atomic mass is 31.2. The molecule has 1 rings (SSSR count). The zero-order chi connectivity index (χ0) is 16.4. The lowest BCUT2D eigenvalue weighted by atomic mass is 10.1. The first kappa shape index (κ1) is 19.1. The van der Waals surface area contributed by atoms with E-state index in [1.54, 1.807) is 0 Å². The normalized spacial score (nSPS) is 15.5. The van der Waals surface area contributed by atoms with Gasteiger partial charge in [0.1, 0.15) is 0 Å². The zero-order valence-corrected chi connectivity index (χ0v) is 14.6. The Bertz CT molecular complexity index is 476. The van der Waals surface area contributed by atoms with Gasteiger partial charge in [-0.15, -0.1) is 0 Å². The average molecular weight is 324 g/mol. The smallest absolute Gasteiger partial charge is 0.270 e. The summed E-state index contributed by atoms with van der Waals surface area (Å²) < 4.78 is 18.2. The van der Waals surface area contributed by atoms with Crippen molar-refractivity contribution in [1.29, 1.82) is 0 Å². The van der Waals surface area contributed by atoms with Crippen molar-refractivity contribution in [3.8, 4) is 0 Å². The van der Waals surface area contributed by atoms with Crippen LogP contribution in [0.25, 0.3) is 0 Å². The van der Waals surface area contributed by atoms with Crippen LogP contribution in [0.1, 0.15) is 39.2 Å². The molecule has 1 unspecified atom stereocenters. The highest BCUT2D eigenvalue weighted by Gasteiger charge is 2.27. The Kier molecular flexibility index (Phi) is 8.62. The molecule has 1 N–H and O–H groups in total. The molecule has 0 spiro atoms. The topological polar surface area (TPSA) is 55.4 Å². The molecule has 0 bridgehead atoms. The summed E-state index contributed by atoms with van der Waals surface area (Å²) in [5, 5.41) is 2.89. The van der Waals surface area contributed by atoms with Crippen molar-refractivity contribution >= 4 is 13.8 Å². The van der Waals surface area contributed by atoms with Crippen LogP contribution in [0.15, 0.2) is 30.3 Å². The van der Waals surface area contributed by atoms with Gasteiger partial charge in [0.2, 0.25) is 6.29 Å². The second-order valence-electron chi connectivity index (χ2n) is 5.73. The lowest BCUT2D eigenvalue weighted by Crippen LogP contribution is -2.34. The van der Waals surface area contributed by atoms with Crippen molar-refractivity contribution < 1.29 is 13.9 Å². The Morgan fingerprint density at radius 2 is 1.91 bits per heavy atom. The summed E-state index contributed by atoms with van der Waals surface area (Å²) in [6, 6.07) is 9.68. The van der Waals surface area contributed by atoms with E-state index in [-0.39, 0.29) is 5.92 Å². The molecule has 0 heterocycles. The van der Waals surface area contributed by atoms with Crippen molar-refractivity contribution in [1.82, 2.24) is 5.09 Å². The molecule has 123 valence electrons. The van der Waals surface area contributed by atoms with Crippen molar-refractivity contribution in [3.05, 3.63) is 35.9 Å². The maximum atomic E-state index is 12.8. The number of aryl methyl sites for hydroxylation is 1. The molecule has 0 aliphatic rings. The van der Waals surface area contributed by atoms with E-state index in [4.69, 9.17) is 4.52 Å². The third-order valence-corrected chi connectivity index (χ3v) is 5.73. The van der Waals surface area contributed by atoms with Gasteiger partial charge in [0, 0.05) is 6.16 Å². The van der Waals surface area contributed by atoms with Gasteiger partial charge in [-0.2, -0.15) is 0 Å². The number of hydrogen-bond acceptors (Lipinski definition) is 3. The Morgan fingerprint density at radius 3 is 2.45 bits per heavy atom. The lowest BCUT2D eigenvalue weighted by molar-refractivity contribution is 0.316. The van der Waals surface area contributed by atoms with Crippen LogP contribution in [0, 0.1) is 5.92 Å². The van der Waals surface area contributed by atoms with Crippen LogP contribution in [0.3, 0.4) is 0 Å². The number of rotatable bonds is 11. The molecule has 0 amide bonds. The summed E-state index contributed by atoms with van der Waals surface area (Å²) in [7, 11) is -2.98. The van der Waals surface area contributed by atoms with E-state index in [0.29, 0.717) is 12.8 Å². The number of unbranched alkanes of at least 4 members (excludes halogenated alkanes) is 1. The fourth-order valence-corrected chi connectivity index (χ4v) is 4.36. The molecule has 0 saturated heterocycles. The standard InChI is InChI=1S/C17H27NO3P/c1-4-21-22(20,18-17(14-19)15(2)3)13-9-8-12-16-10-6-5-7-11-16/h5-7,10-11,15,17H,4,8-9,12-13H2,1-3H3,(H,18,20)/t17-,22?/m1/s1. The molecule has 0 fully saturated rings. The van der Waals surface area contributed by atoms with Gasteiger partial charge >= 0.3 is 0 Å². The largest absolute Gasteiger partial charge is 0.318 e. The maximum Gasteiger partial charge on any atom is 0.270 e. The minimum Gasteiger partial charge on any atom is -0.318 e. The monoisotopic (exact) mass is 324 g/mol. The van der Waals surface area contributed by atoms with Crippen molar-refractivity contribution in [3.63, 3.8) is 0 Å². The number of carbonyl (C=O) groups excluding carboxylic acids is 1. The summed E-state index contributed by atoms with van der Waals surface area (Å²) in [5.41, 5.74) is 1.28. The molecule has 0 saturated carbocycles. The van der Waals surface area contributed by atoms with Gasteiger partial charge < -0.3 is 4.52 Å². The molecule has 0 aromatic heterocycles. The first-order chi connectivity index (χ1) is 10.5. The van der Waals surface area contributed by atoms with Crippen molar-refractivity contribution in [2.75, 3.05) is 12.8 Å². The third kappa shape index (κ3) is 6.87. The van der Waals surface area contributed by atoms with E-state index in [9.17, 15) is 9.36 Å². The fraction of sp³-hybridized carbons (Fsp3) is 0.588. The van der Waals surface area contributed by atoms with Gasteiger partial charge in [-0.3, -0.25) is 9.36 Å². The van der Waals surface area contributed by atoms with E-state index in [0.717, 1.165) is 19.3 Å². The number of benzene rings is 1. The first-order valence-electron chi connectivity index (χ1n) is 7.93. The van der Waals surface area contributed by atoms with Gasteiger partial charge in [0.15, 0.2) is 0 Å². The number of hydrogen-bond donors (Lipinski definition) is 1. The highest BCUT2D eigenvalue weighted by Crippen LogP contribution is 2.44. The Morgan fingerprint density at radius 1 is 1.23 bits per heavy atom. The Balaban J connectivity index is 2.48. The Hall–Kier alpha value is -0.960. The van der Waals surface area contributed by atoms with Crippen LogP contribution in [-0.4, -0.2) is 25.1 Å². The third-order valence-electron chi connectivity index (χ3n) is 3.48. The number of nitrogens with one attached hydrogen (secondary N) is 1. The van der Waals surface area contributed by atoms with E-state index in [2.05, 4.69) is 17.2 Å². The molecule has 5 heteroatoms. The maximum absolute atomic E-state index is 12.8. The molecule has 22 heavy (non-hydrogen) atoms. The van der Waals surface area contributed by atoms with E-state index in [1.165, 1.54) is 5.56 Å². The van der Waals surface area contributed by atoms with Crippen molar-refractivity contribution in [2.45, 2.75) is 46.1 Å². The molecule has 4 nitrogen and oxygen atoms in total. The zero-order valence-electron chi connectivity index (χ0n) is 13.7. The van der Waals surface area contributed by atoms with Crippen LogP contribution in [0.5, 0.6) is 0 Å². The summed E-state index contributed by atoms with van der Waals surface area (Å²) in [6.45, 7) is 5.97. The minimum absolute atomic E-state index is 0.0376. The molecular weight excluding hydrogens is 297 g/mol. The molecular formula is C17H27NO3P. The predicted octanol–water partition coefficient (Wildman–Crippen LogP) is 3.96. The summed E-state index contributed by atoms with van der Waals surface area (Å²) in [4.78, 5) is 11.0. The highest BCUT2D eigenvalue weighted by molar-refractivity contribution is 7.56. The van der Waals surface area contributed by atoms with Gasteiger partial charge in [-0.05, 0) is 37.7 Å². The molecule has 2 atom stereocenters. The summed E-state index contributed by atoms with van der Waals surface area (Å²) in [5.74, 6) is 0.0376. The van der Waals surface area contributed by atoms with E-state index < -0.39 is 13.6 Å².